The van der Waals surface area contributed by atoms with E-state index in [1.165, 1.54) is 6.33 Å². The monoisotopic (exact) mass is 253 g/mol. The van der Waals surface area contributed by atoms with Crippen LogP contribution in [0.1, 0.15) is 0 Å². The van der Waals surface area contributed by atoms with E-state index in [-0.39, 0.29) is 0 Å². The maximum atomic E-state index is 6.09. The molecule has 0 aromatic carbocycles. The van der Waals surface area contributed by atoms with Crippen LogP contribution in [0.15, 0.2) is 6.33 Å². The molecule has 2 heterocycles. The highest BCUT2D eigenvalue weighted by molar-refractivity contribution is 5.74. The second kappa shape index (κ2) is 6.36. The highest BCUT2D eigenvalue weighted by Gasteiger charge is 2.17. The Labute approximate surface area is 106 Å². The fourth-order valence-corrected chi connectivity index (χ4v) is 1.83. The lowest BCUT2D eigenvalue weighted by atomic mass is 10.3. The van der Waals surface area contributed by atoms with Gasteiger partial charge < -0.3 is 25.4 Å². The van der Waals surface area contributed by atoms with E-state index < -0.39 is 0 Å². The lowest BCUT2D eigenvalue weighted by Crippen LogP contribution is -2.37. The molecular weight excluding hydrogens is 234 g/mol. The summed E-state index contributed by atoms with van der Waals surface area (Å²) in [5.41, 5.74) is 6.66. The van der Waals surface area contributed by atoms with Crippen LogP contribution in [0.5, 0.6) is 0 Å². The fraction of sp³-hybridized carbons (Fsp3) is 0.636. The fourth-order valence-electron chi connectivity index (χ4n) is 1.83. The summed E-state index contributed by atoms with van der Waals surface area (Å²) in [4.78, 5) is 10.5. The first kappa shape index (κ1) is 12.8. The summed E-state index contributed by atoms with van der Waals surface area (Å²) < 4.78 is 10.3. The van der Waals surface area contributed by atoms with E-state index in [1.54, 1.807) is 7.11 Å². The maximum absolute atomic E-state index is 6.09. The molecule has 0 spiro atoms. The summed E-state index contributed by atoms with van der Waals surface area (Å²) in [5.74, 6) is 1.43. The molecule has 1 fully saturated rings. The maximum Gasteiger partial charge on any atom is 0.157 e. The second-order valence-electron chi connectivity index (χ2n) is 3.98. The van der Waals surface area contributed by atoms with Gasteiger partial charge in [0.1, 0.15) is 12.0 Å². The molecule has 1 aliphatic rings. The van der Waals surface area contributed by atoms with Gasteiger partial charge in [-0.15, -0.1) is 0 Å². The third-order valence-corrected chi connectivity index (χ3v) is 2.77. The zero-order valence-corrected chi connectivity index (χ0v) is 10.6. The number of anilines is 3. The van der Waals surface area contributed by atoms with Crippen LogP contribution >= 0.6 is 0 Å². The number of ether oxygens (including phenoxy) is 2. The highest BCUT2D eigenvalue weighted by Crippen LogP contribution is 2.26. The van der Waals surface area contributed by atoms with E-state index in [1.807, 2.05) is 0 Å². The minimum Gasteiger partial charge on any atom is -0.393 e. The Morgan fingerprint density at radius 2 is 2.22 bits per heavy atom. The zero-order valence-electron chi connectivity index (χ0n) is 10.6. The molecule has 0 saturated carbocycles. The molecule has 0 amide bonds. The van der Waals surface area contributed by atoms with Gasteiger partial charge in [0.05, 0.1) is 19.8 Å². The van der Waals surface area contributed by atoms with Gasteiger partial charge in [-0.05, 0) is 0 Å². The molecule has 3 N–H and O–H groups in total. The normalized spacial score (nSPS) is 15.7. The predicted octanol–water partition coefficient (Wildman–Crippen LogP) is -0.0463. The molecule has 0 unspecified atom stereocenters. The number of morpholine rings is 1. The lowest BCUT2D eigenvalue weighted by Gasteiger charge is -2.28. The van der Waals surface area contributed by atoms with Crippen LogP contribution in [0.2, 0.25) is 0 Å². The van der Waals surface area contributed by atoms with Gasteiger partial charge in [0.2, 0.25) is 0 Å². The molecule has 0 atom stereocenters. The molecule has 0 radical (unpaired) electrons. The molecule has 2 rings (SSSR count). The van der Waals surface area contributed by atoms with Crippen molar-refractivity contribution in [3.05, 3.63) is 6.33 Å². The van der Waals surface area contributed by atoms with Gasteiger partial charge in [0, 0.05) is 26.7 Å². The van der Waals surface area contributed by atoms with E-state index in [0.29, 0.717) is 37.9 Å². The summed E-state index contributed by atoms with van der Waals surface area (Å²) in [6, 6.07) is 0. The Kier molecular flexibility index (Phi) is 4.54. The molecule has 1 saturated heterocycles. The Bertz CT molecular complexity index is 382. The number of aromatic nitrogens is 2. The van der Waals surface area contributed by atoms with Gasteiger partial charge in [-0.1, -0.05) is 0 Å². The van der Waals surface area contributed by atoms with Crippen LogP contribution in [-0.4, -0.2) is 56.5 Å². The molecule has 7 nitrogen and oxygen atoms in total. The zero-order chi connectivity index (χ0) is 12.8. The summed E-state index contributed by atoms with van der Waals surface area (Å²) >= 11 is 0. The Morgan fingerprint density at radius 3 is 2.94 bits per heavy atom. The largest absolute Gasteiger partial charge is 0.393 e. The van der Waals surface area contributed by atoms with Gasteiger partial charge in [-0.25, -0.2) is 9.97 Å². The number of nitrogens with zero attached hydrogens (tertiary/aromatic N) is 3. The number of nitrogens with one attached hydrogen (secondary N) is 1. The van der Waals surface area contributed by atoms with E-state index in [4.69, 9.17) is 15.2 Å². The van der Waals surface area contributed by atoms with Crippen LogP contribution in [0.3, 0.4) is 0 Å². The Morgan fingerprint density at radius 1 is 1.44 bits per heavy atom. The van der Waals surface area contributed by atoms with Crippen LogP contribution in [0, 0.1) is 0 Å². The molecule has 0 aliphatic carbocycles. The Hall–Kier alpha value is -1.60. The summed E-state index contributed by atoms with van der Waals surface area (Å²) in [6.07, 6.45) is 1.52. The minimum absolute atomic E-state index is 0.579. The first-order valence-electron chi connectivity index (χ1n) is 5.99. The predicted molar refractivity (Wildman–Crippen MR) is 69.8 cm³/mol. The minimum atomic E-state index is 0.579. The van der Waals surface area contributed by atoms with Crippen molar-refractivity contribution in [3.8, 4) is 0 Å². The van der Waals surface area contributed by atoms with Crippen LogP contribution < -0.4 is 16.0 Å². The number of methoxy groups -OCH3 is 1. The Balaban J connectivity index is 2.08. The van der Waals surface area contributed by atoms with Gasteiger partial charge >= 0.3 is 0 Å². The van der Waals surface area contributed by atoms with Crippen LogP contribution in [0.4, 0.5) is 17.3 Å². The summed E-state index contributed by atoms with van der Waals surface area (Å²) in [5, 5.41) is 3.13. The van der Waals surface area contributed by atoms with Crippen molar-refractivity contribution in [1.29, 1.82) is 0 Å². The van der Waals surface area contributed by atoms with Gasteiger partial charge in [-0.3, -0.25) is 0 Å². The molecule has 1 aliphatic heterocycles. The third-order valence-electron chi connectivity index (χ3n) is 2.77. The SMILES string of the molecule is COCCNc1ncnc(N2CCOCC2)c1N. The van der Waals surface area contributed by atoms with Gasteiger partial charge in [-0.2, -0.15) is 0 Å². The van der Waals surface area contributed by atoms with E-state index in [2.05, 4.69) is 20.2 Å². The van der Waals surface area contributed by atoms with Crippen molar-refractivity contribution in [1.82, 2.24) is 9.97 Å². The van der Waals surface area contributed by atoms with Crippen molar-refractivity contribution in [3.63, 3.8) is 0 Å². The van der Waals surface area contributed by atoms with Crippen LogP contribution in [-0.2, 0) is 9.47 Å². The van der Waals surface area contributed by atoms with Crippen molar-refractivity contribution in [2.45, 2.75) is 0 Å². The molecular formula is C11H19N5O2. The molecule has 18 heavy (non-hydrogen) atoms. The molecule has 1 aromatic rings. The third kappa shape index (κ3) is 2.99. The summed E-state index contributed by atoms with van der Waals surface area (Å²) in [7, 11) is 1.66. The highest BCUT2D eigenvalue weighted by atomic mass is 16.5. The molecule has 1 aromatic heterocycles. The van der Waals surface area contributed by atoms with Crippen LogP contribution in [0.25, 0.3) is 0 Å². The molecule has 7 heteroatoms. The average Bonchev–Trinajstić information content (AvgIpc) is 2.42. The number of rotatable bonds is 5. The molecule has 100 valence electrons. The lowest BCUT2D eigenvalue weighted by molar-refractivity contribution is 0.122. The number of hydrogen-bond acceptors (Lipinski definition) is 7. The van der Waals surface area contributed by atoms with Gasteiger partial charge in [0.15, 0.2) is 11.6 Å². The van der Waals surface area contributed by atoms with Crippen molar-refractivity contribution < 1.29 is 9.47 Å². The first-order chi connectivity index (χ1) is 8.83. The van der Waals surface area contributed by atoms with E-state index >= 15 is 0 Å². The van der Waals surface area contributed by atoms with E-state index in [9.17, 15) is 0 Å². The second-order valence-corrected chi connectivity index (χ2v) is 3.98. The smallest absolute Gasteiger partial charge is 0.157 e. The van der Waals surface area contributed by atoms with Crippen molar-refractivity contribution >= 4 is 17.3 Å². The number of hydrogen-bond donors (Lipinski definition) is 2. The first-order valence-corrected chi connectivity index (χ1v) is 5.99. The van der Waals surface area contributed by atoms with Crippen molar-refractivity contribution in [2.24, 2.45) is 0 Å². The van der Waals surface area contributed by atoms with Gasteiger partial charge in [0.25, 0.3) is 0 Å². The average molecular weight is 253 g/mol. The quantitative estimate of drug-likeness (QED) is 0.712. The summed E-state index contributed by atoms with van der Waals surface area (Å²) in [6.45, 7) is 4.29. The topological polar surface area (TPSA) is 85.5 Å². The van der Waals surface area contributed by atoms with Crippen molar-refractivity contribution in [2.75, 3.05) is 62.5 Å². The molecule has 0 bridgehead atoms. The number of nitrogens with two attached hydrogens (primary N) is 1. The standard InChI is InChI=1S/C11H19N5O2/c1-17-5-2-13-10-9(12)11(15-8-14-10)16-3-6-18-7-4-16/h8H,2-7,12H2,1H3,(H,13,14,15). The number of nitrogen functional groups attached to an aromatic ring is 1. The van der Waals surface area contributed by atoms with E-state index in [0.717, 1.165) is 18.9 Å².